The third kappa shape index (κ3) is 3.00. The van der Waals surface area contributed by atoms with Gasteiger partial charge in [0.05, 0.1) is 10.7 Å². The maximum absolute atomic E-state index is 5.82. The van der Waals surface area contributed by atoms with Crippen LogP contribution in [0.1, 0.15) is 37.3 Å². The molecule has 2 aromatic rings. The fraction of sp³-hybridized carbons (Fsp3) is 0.417. The van der Waals surface area contributed by atoms with E-state index >= 15 is 0 Å². The van der Waals surface area contributed by atoms with Crippen LogP contribution in [0.2, 0.25) is 0 Å². The van der Waals surface area contributed by atoms with Crippen LogP contribution in [0.15, 0.2) is 17.6 Å². The van der Waals surface area contributed by atoms with E-state index in [4.69, 9.17) is 5.73 Å². The second kappa shape index (κ2) is 4.41. The normalized spacial score (nSPS) is 11.7. The van der Waals surface area contributed by atoms with Crippen molar-refractivity contribution >= 4 is 17.2 Å². The van der Waals surface area contributed by atoms with E-state index in [1.807, 2.05) is 11.4 Å². The standard InChI is InChI=1S/C12H16N4S/c1-12(2,3)11-15-8(6-9(13)16-11)7-10-14-4-5-17-10/h4-6H,7H2,1-3H3,(H2,13,15,16). The molecule has 0 saturated carbocycles. The Kier molecular flexibility index (Phi) is 3.11. The van der Waals surface area contributed by atoms with Crippen LogP contribution in [0, 0.1) is 0 Å². The number of thiazole rings is 1. The topological polar surface area (TPSA) is 64.7 Å². The summed E-state index contributed by atoms with van der Waals surface area (Å²) in [6.45, 7) is 6.23. The van der Waals surface area contributed by atoms with E-state index in [9.17, 15) is 0 Å². The number of nitrogens with zero attached hydrogens (tertiary/aromatic N) is 3. The summed E-state index contributed by atoms with van der Waals surface area (Å²) >= 11 is 1.62. The highest BCUT2D eigenvalue weighted by Crippen LogP contribution is 2.20. The van der Waals surface area contributed by atoms with E-state index in [0.717, 1.165) is 16.5 Å². The Bertz CT molecular complexity index is 500. The minimum atomic E-state index is -0.0903. The van der Waals surface area contributed by atoms with Crippen molar-refractivity contribution in [2.75, 3.05) is 5.73 Å². The number of hydrogen-bond donors (Lipinski definition) is 1. The molecule has 2 heterocycles. The first-order valence-corrected chi connectivity index (χ1v) is 6.35. The predicted octanol–water partition coefficient (Wildman–Crippen LogP) is 2.40. The van der Waals surface area contributed by atoms with Gasteiger partial charge in [0.1, 0.15) is 11.6 Å². The predicted molar refractivity (Wildman–Crippen MR) is 70.1 cm³/mol. The molecular formula is C12H16N4S. The van der Waals surface area contributed by atoms with Crippen molar-refractivity contribution in [2.24, 2.45) is 0 Å². The van der Waals surface area contributed by atoms with Crippen LogP contribution < -0.4 is 5.73 Å². The minimum absolute atomic E-state index is 0.0903. The van der Waals surface area contributed by atoms with Crippen LogP contribution in [0.5, 0.6) is 0 Å². The van der Waals surface area contributed by atoms with Crippen LogP contribution in [0.4, 0.5) is 5.82 Å². The second-order valence-electron chi connectivity index (χ2n) is 4.96. The molecule has 0 saturated heterocycles. The zero-order valence-corrected chi connectivity index (χ0v) is 11.1. The van der Waals surface area contributed by atoms with Crippen molar-refractivity contribution in [2.45, 2.75) is 32.6 Å². The molecule has 2 N–H and O–H groups in total. The number of aromatic nitrogens is 3. The Balaban J connectivity index is 2.32. The molecule has 4 nitrogen and oxygen atoms in total. The molecule has 0 bridgehead atoms. The van der Waals surface area contributed by atoms with E-state index in [0.29, 0.717) is 12.2 Å². The highest BCUT2D eigenvalue weighted by Gasteiger charge is 2.18. The maximum Gasteiger partial charge on any atom is 0.136 e. The molecule has 0 fully saturated rings. The van der Waals surface area contributed by atoms with Gasteiger partial charge < -0.3 is 5.73 Å². The first kappa shape index (κ1) is 12.0. The molecule has 0 radical (unpaired) electrons. The number of rotatable bonds is 2. The van der Waals surface area contributed by atoms with Crippen LogP contribution in [0.25, 0.3) is 0 Å². The summed E-state index contributed by atoms with van der Waals surface area (Å²) < 4.78 is 0. The summed E-state index contributed by atoms with van der Waals surface area (Å²) in [5.41, 5.74) is 6.65. The first-order chi connectivity index (χ1) is 7.95. The summed E-state index contributed by atoms with van der Waals surface area (Å²) in [4.78, 5) is 13.1. The number of hydrogen-bond acceptors (Lipinski definition) is 5. The third-order valence-electron chi connectivity index (χ3n) is 2.29. The van der Waals surface area contributed by atoms with Gasteiger partial charge in [-0.05, 0) is 0 Å². The molecule has 0 spiro atoms. The maximum atomic E-state index is 5.82. The van der Waals surface area contributed by atoms with Gasteiger partial charge in [-0.1, -0.05) is 20.8 Å². The Labute approximate surface area is 105 Å². The molecule has 5 heteroatoms. The lowest BCUT2D eigenvalue weighted by Crippen LogP contribution is -2.18. The van der Waals surface area contributed by atoms with Gasteiger partial charge in [-0.15, -0.1) is 11.3 Å². The number of nitrogen functional groups attached to an aromatic ring is 1. The lowest BCUT2D eigenvalue weighted by atomic mass is 9.95. The van der Waals surface area contributed by atoms with Crippen LogP contribution in [-0.4, -0.2) is 15.0 Å². The Morgan fingerprint density at radius 2 is 2.06 bits per heavy atom. The zero-order valence-electron chi connectivity index (χ0n) is 10.3. The average Bonchev–Trinajstić information content (AvgIpc) is 2.68. The third-order valence-corrected chi connectivity index (χ3v) is 3.07. The van der Waals surface area contributed by atoms with Crippen molar-refractivity contribution in [3.63, 3.8) is 0 Å². The Morgan fingerprint density at radius 1 is 1.29 bits per heavy atom. The van der Waals surface area contributed by atoms with Gasteiger partial charge in [-0.3, -0.25) is 0 Å². The molecule has 0 unspecified atom stereocenters. The van der Waals surface area contributed by atoms with Crippen LogP contribution >= 0.6 is 11.3 Å². The first-order valence-electron chi connectivity index (χ1n) is 5.47. The summed E-state index contributed by atoms with van der Waals surface area (Å²) in [5, 5.41) is 3.01. The van der Waals surface area contributed by atoms with Gasteiger partial charge in [-0.2, -0.15) is 0 Å². The molecule has 90 valence electrons. The summed E-state index contributed by atoms with van der Waals surface area (Å²) in [6, 6.07) is 1.82. The SMILES string of the molecule is CC(C)(C)c1nc(N)cc(Cc2nccs2)n1. The van der Waals surface area contributed by atoms with E-state index in [1.54, 1.807) is 17.5 Å². The van der Waals surface area contributed by atoms with E-state index < -0.39 is 0 Å². The average molecular weight is 248 g/mol. The highest BCUT2D eigenvalue weighted by atomic mass is 32.1. The fourth-order valence-corrected chi connectivity index (χ4v) is 2.07. The van der Waals surface area contributed by atoms with Gasteiger partial charge in [0.15, 0.2) is 0 Å². The van der Waals surface area contributed by atoms with Crippen molar-refractivity contribution in [1.82, 2.24) is 15.0 Å². The molecule has 0 aliphatic heterocycles. The minimum Gasteiger partial charge on any atom is -0.384 e. The van der Waals surface area contributed by atoms with Crippen molar-refractivity contribution < 1.29 is 0 Å². The van der Waals surface area contributed by atoms with Crippen LogP contribution in [0.3, 0.4) is 0 Å². The molecule has 2 rings (SSSR count). The number of anilines is 1. The van der Waals surface area contributed by atoms with Crippen molar-refractivity contribution in [1.29, 1.82) is 0 Å². The fourth-order valence-electron chi connectivity index (χ4n) is 1.44. The highest BCUT2D eigenvalue weighted by molar-refractivity contribution is 7.09. The molecule has 0 aliphatic rings. The molecule has 2 aromatic heterocycles. The second-order valence-corrected chi connectivity index (χ2v) is 5.94. The van der Waals surface area contributed by atoms with E-state index in [2.05, 4.69) is 35.7 Å². The summed E-state index contributed by atoms with van der Waals surface area (Å²) in [7, 11) is 0. The molecule has 0 atom stereocenters. The van der Waals surface area contributed by atoms with Crippen molar-refractivity contribution in [3.05, 3.63) is 34.2 Å². The Hall–Kier alpha value is -1.49. The van der Waals surface area contributed by atoms with Crippen molar-refractivity contribution in [3.8, 4) is 0 Å². The lowest BCUT2D eigenvalue weighted by Gasteiger charge is -2.17. The molecule has 0 amide bonds. The van der Waals surface area contributed by atoms with Crippen LogP contribution in [-0.2, 0) is 11.8 Å². The molecule has 17 heavy (non-hydrogen) atoms. The Morgan fingerprint density at radius 3 is 2.65 bits per heavy atom. The summed E-state index contributed by atoms with van der Waals surface area (Å²) in [6.07, 6.45) is 2.52. The number of nitrogens with two attached hydrogens (primary N) is 1. The van der Waals surface area contributed by atoms with Gasteiger partial charge in [0, 0.05) is 29.5 Å². The quantitative estimate of drug-likeness (QED) is 0.886. The van der Waals surface area contributed by atoms with E-state index in [-0.39, 0.29) is 5.41 Å². The van der Waals surface area contributed by atoms with Gasteiger partial charge >= 0.3 is 0 Å². The monoisotopic (exact) mass is 248 g/mol. The molecular weight excluding hydrogens is 232 g/mol. The zero-order chi connectivity index (χ0) is 12.5. The molecule has 0 aromatic carbocycles. The van der Waals surface area contributed by atoms with Gasteiger partial charge in [0.25, 0.3) is 0 Å². The largest absolute Gasteiger partial charge is 0.384 e. The van der Waals surface area contributed by atoms with E-state index in [1.165, 1.54) is 0 Å². The molecule has 0 aliphatic carbocycles. The smallest absolute Gasteiger partial charge is 0.136 e. The summed E-state index contributed by atoms with van der Waals surface area (Å²) in [5.74, 6) is 1.31. The van der Waals surface area contributed by atoms with Gasteiger partial charge in [-0.25, -0.2) is 15.0 Å². The van der Waals surface area contributed by atoms with Gasteiger partial charge in [0.2, 0.25) is 0 Å². The lowest BCUT2D eigenvalue weighted by molar-refractivity contribution is 0.543.